The number of amidine groups is 1. The molecule has 40 heavy (non-hydrogen) atoms. The number of fused-ring (bicyclic) bond motifs is 1. The van der Waals surface area contributed by atoms with E-state index in [9.17, 15) is 18.0 Å². The lowest BCUT2D eigenvalue weighted by molar-refractivity contribution is -0.119. The number of carbonyl (C=O) groups is 2. The number of nitrogens with zero attached hydrogens (tertiary/aromatic N) is 2. The zero-order valence-corrected chi connectivity index (χ0v) is 25.2. The molecule has 0 unspecified atom stereocenters. The van der Waals surface area contributed by atoms with Gasteiger partial charge < -0.3 is 24.4 Å². The smallest absolute Gasteiger partial charge is 0.408 e. The van der Waals surface area contributed by atoms with Gasteiger partial charge in [-0.2, -0.15) is 4.99 Å². The standard InChI is InChI=1S/C27H32ClN3O7S2/c1-27(2,3)38-26(33)29-18(11-16-9-7-6-8-10-16)24(32)30-25-31(20-14-40(34,35)15-23(20)39-25)19-12-17(28)21(36-4)13-22(19)37-5/h6-10,12-13,18,20,23H,11,14-15H2,1-5H3,(H,29,33)/t18-,20+,23-/m0/s1. The number of benzene rings is 2. The quantitative estimate of drug-likeness (QED) is 0.494. The molecule has 1 N–H and O–H groups in total. The van der Waals surface area contributed by atoms with Crippen molar-refractivity contribution in [2.75, 3.05) is 30.6 Å². The molecule has 13 heteroatoms. The number of aliphatic imine (C=N–C) groups is 1. The highest BCUT2D eigenvalue weighted by atomic mass is 35.5. The molecule has 2 fully saturated rings. The summed E-state index contributed by atoms with van der Waals surface area (Å²) in [4.78, 5) is 32.4. The topological polar surface area (TPSA) is 124 Å². The van der Waals surface area contributed by atoms with Gasteiger partial charge in [0.1, 0.15) is 23.1 Å². The van der Waals surface area contributed by atoms with Crippen molar-refractivity contribution in [1.29, 1.82) is 0 Å². The highest BCUT2D eigenvalue weighted by Crippen LogP contribution is 2.46. The van der Waals surface area contributed by atoms with E-state index in [1.807, 2.05) is 30.3 Å². The van der Waals surface area contributed by atoms with Crippen LogP contribution in [-0.4, -0.2) is 74.2 Å². The number of anilines is 1. The van der Waals surface area contributed by atoms with Crippen LogP contribution < -0.4 is 19.7 Å². The molecule has 0 aliphatic carbocycles. The third-order valence-corrected chi connectivity index (χ3v) is 9.76. The Bertz CT molecular complexity index is 1410. The maximum absolute atomic E-state index is 13.7. The van der Waals surface area contributed by atoms with Gasteiger partial charge in [-0.1, -0.05) is 53.7 Å². The van der Waals surface area contributed by atoms with E-state index in [1.165, 1.54) is 26.0 Å². The molecule has 2 aromatic rings. The number of halogens is 1. The van der Waals surface area contributed by atoms with E-state index in [-0.39, 0.29) is 28.2 Å². The number of sulfone groups is 1. The molecule has 2 aromatic carbocycles. The third-order valence-electron chi connectivity index (χ3n) is 6.26. The van der Waals surface area contributed by atoms with Gasteiger partial charge in [-0.15, -0.1) is 0 Å². The largest absolute Gasteiger partial charge is 0.495 e. The molecule has 0 spiro atoms. The van der Waals surface area contributed by atoms with Crippen molar-refractivity contribution in [3.8, 4) is 11.5 Å². The predicted octanol–water partition coefficient (Wildman–Crippen LogP) is 4.09. The van der Waals surface area contributed by atoms with E-state index in [0.29, 0.717) is 22.4 Å². The lowest BCUT2D eigenvalue weighted by Crippen LogP contribution is -2.45. The van der Waals surface area contributed by atoms with Crippen molar-refractivity contribution in [3.63, 3.8) is 0 Å². The second-order valence-electron chi connectivity index (χ2n) is 10.5. The van der Waals surface area contributed by atoms with Crippen LogP contribution in [0.1, 0.15) is 26.3 Å². The molecular weight excluding hydrogens is 578 g/mol. The first-order valence-corrected chi connectivity index (χ1v) is 15.6. The fourth-order valence-corrected chi connectivity index (χ4v) is 8.70. The second-order valence-corrected chi connectivity index (χ2v) is 14.2. The Morgan fingerprint density at radius 2 is 1.80 bits per heavy atom. The number of hydrogen-bond acceptors (Lipinski definition) is 8. The minimum Gasteiger partial charge on any atom is -0.495 e. The summed E-state index contributed by atoms with van der Waals surface area (Å²) in [6, 6.07) is 10.9. The molecule has 10 nitrogen and oxygen atoms in total. The highest BCUT2D eigenvalue weighted by Gasteiger charge is 2.50. The van der Waals surface area contributed by atoms with Crippen molar-refractivity contribution in [2.45, 2.75) is 50.1 Å². The Morgan fingerprint density at radius 1 is 1.12 bits per heavy atom. The van der Waals surface area contributed by atoms with Crippen molar-refractivity contribution in [2.24, 2.45) is 4.99 Å². The molecule has 0 bridgehead atoms. The van der Waals surface area contributed by atoms with Crippen LogP contribution in [0.5, 0.6) is 11.5 Å². The van der Waals surface area contributed by atoms with Gasteiger partial charge in [0.25, 0.3) is 5.91 Å². The summed E-state index contributed by atoms with van der Waals surface area (Å²) in [5.41, 5.74) is 0.512. The van der Waals surface area contributed by atoms with Gasteiger partial charge in [0.05, 0.1) is 42.5 Å². The second kappa shape index (κ2) is 11.9. The zero-order valence-electron chi connectivity index (χ0n) is 22.8. The number of ether oxygens (including phenoxy) is 3. The molecule has 0 radical (unpaired) electrons. The Morgan fingerprint density at radius 3 is 2.42 bits per heavy atom. The number of amides is 2. The van der Waals surface area contributed by atoms with E-state index in [0.717, 1.165) is 5.56 Å². The lowest BCUT2D eigenvalue weighted by atomic mass is 10.1. The van der Waals surface area contributed by atoms with Gasteiger partial charge in [0, 0.05) is 17.7 Å². The normalized spacial score (nSPS) is 21.6. The average molecular weight is 610 g/mol. The molecule has 2 saturated heterocycles. The van der Waals surface area contributed by atoms with Gasteiger partial charge in [-0.3, -0.25) is 4.79 Å². The molecule has 2 aliphatic rings. The molecule has 2 heterocycles. The number of rotatable bonds is 7. The van der Waals surface area contributed by atoms with E-state index in [1.54, 1.807) is 37.8 Å². The summed E-state index contributed by atoms with van der Waals surface area (Å²) in [5.74, 6) is -0.0251. The van der Waals surface area contributed by atoms with E-state index in [2.05, 4.69) is 10.3 Å². The number of thioether (sulfide) groups is 1. The highest BCUT2D eigenvalue weighted by molar-refractivity contribution is 8.16. The van der Waals surface area contributed by atoms with E-state index >= 15 is 0 Å². The van der Waals surface area contributed by atoms with Crippen molar-refractivity contribution in [1.82, 2.24) is 5.32 Å². The number of carbonyl (C=O) groups excluding carboxylic acids is 2. The summed E-state index contributed by atoms with van der Waals surface area (Å²) < 4.78 is 41.3. The Labute approximate surface area is 243 Å². The number of nitrogens with one attached hydrogen (secondary N) is 1. The van der Waals surface area contributed by atoms with Crippen LogP contribution in [0.25, 0.3) is 0 Å². The summed E-state index contributed by atoms with van der Waals surface area (Å²) in [6.07, 6.45) is -0.566. The van der Waals surface area contributed by atoms with E-state index < -0.39 is 39.5 Å². The van der Waals surface area contributed by atoms with Gasteiger partial charge in [-0.05, 0) is 32.4 Å². The number of methoxy groups -OCH3 is 2. The molecular formula is C27H32ClN3O7S2. The van der Waals surface area contributed by atoms with Gasteiger partial charge in [0.15, 0.2) is 15.0 Å². The van der Waals surface area contributed by atoms with Crippen LogP contribution in [-0.2, 0) is 25.8 Å². The first-order chi connectivity index (χ1) is 18.8. The lowest BCUT2D eigenvalue weighted by Gasteiger charge is -2.27. The first kappa shape index (κ1) is 30.0. The summed E-state index contributed by atoms with van der Waals surface area (Å²) >= 11 is 7.64. The fraction of sp³-hybridized carbons (Fsp3) is 0.444. The van der Waals surface area contributed by atoms with Crippen LogP contribution in [0, 0.1) is 0 Å². The molecule has 0 saturated carbocycles. The monoisotopic (exact) mass is 609 g/mol. The van der Waals surface area contributed by atoms with E-state index in [4.69, 9.17) is 25.8 Å². The fourth-order valence-electron chi connectivity index (χ4n) is 4.55. The average Bonchev–Trinajstić information content (AvgIpc) is 3.33. The Balaban J connectivity index is 1.73. The third kappa shape index (κ3) is 7.02. The Kier molecular flexibility index (Phi) is 8.91. The van der Waals surface area contributed by atoms with Gasteiger partial charge in [0.2, 0.25) is 0 Å². The first-order valence-electron chi connectivity index (χ1n) is 12.5. The summed E-state index contributed by atoms with van der Waals surface area (Å²) in [7, 11) is -0.359. The number of hydrogen-bond donors (Lipinski definition) is 1. The molecule has 2 aliphatic heterocycles. The molecule has 4 rings (SSSR count). The van der Waals surface area contributed by atoms with Crippen LogP contribution in [0.3, 0.4) is 0 Å². The molecule has 2 amide bonds. The molecule has 0 aromatic heterocycles. The minimum atomic E-state index is -3.31. The Hall–Kier alpha value is -2.96. The predicted molar refractivity (Wildman–Crippen MR) is 157 cm³/mol. The summed E-state index contributed by atoms with van der Waals surface area (Å²) in [5, 5.41) is 2.88. The van der Waals surface area contributed by atoms with Crippen molar-refractivity contribution < 1.29 is 32.2 Å². The van der Waals surface area contributed by atoms with Crippen LogP contribution in [0.2, 0.25) is 5.02 Å². The van der Waals surface area contributed by atoms with Crippen LogP contribution in [0.15, 0.2) is 47.5 Å². The van der Waals surface area contributed by atoms with Gasteiger partial charge >= 0.3 is 6.09 Å². The summed E-state index contributed by atoms with van der Waals surface area (Å²) in [6.45, 7) is 5.19. The minimum absolute atomic E-state index is 0.0537. The SMILES string of the molecule is COc1cc(OC)c(N2C(=NC(=O)[C@H](Cc3ccccc3)NC(=O)OC(C)(C)C)S[C@H]3CS(=O)(=O)C[C@H]32)cc1Cl. The van der Waals surface area contributed by atoms with Gasteiger partial charge in [-0.25, -0.2) is 13.2 Å². The van der Waals surface area contributed by atoms with Crippen LogP contribution >= 0.6 is 23.4 Å². The number of alkyl carbamates (subject to hydrolysis) is 1. The zero-order chi connectivity index (χ0) is 29.2. The molecule has 216 valence electrons. The van der Waals surface area contributed by atoms with Crippen molar-refractivity contribution in [3.05, 3.63) is 53.1 Å². The maximum atomic E-state index is 13.7. The maximum Gasteiger partial charge on any atom is 0.408 e. The van der Waals surface area contributed by atoms with Crippen molar-refractivity contribution >= 4 is 56.1 Å². The van der Waals surface area contributed by atoms with Crippen LogP contribution in [0.4, 0.5) is 10.5 Å². The molecule has 3 atom stereocenters.